The molecule has 0 aliphatic carbocycles. The molecule has 3 N–H and O–H groups in total. The van der Waals surface area contributed by atoms with Crippen LogP contribution in [0.4, 0.5) is 0 Å². The summed E-state index contributed by atoms with van der Waals surface area (Å²) in [7, 11) is 0. The standard InChI is InChI=1S/C12H15NO3/c1-2-7-16-10-5-3-9(4-6-10)8-11(13)12(14)15/h3-6,8H,2,7,13H2,1H3,(H,14,15)/b11-8+. The zero-order valence-corrected chi connectivity index (χ0v) is 9.14. The van der Waals surface area contributed by atoms with Crippen LogP contribution in [0.5, 0.6) is 5.75 Å². The van der Waals surface area contributed by atoms with Gasteiger partial charge in [0.15, 0.2) is 0 Å². The number of rotatable bonds is 5. The zero-order chi connectivity index (χ0) is 12.0. The SMILES string of the molecule is CCCOc1ccc(/C=C(/N)C(=O)O)cc1. The summed E-state index contributed by atoms with van der Waals surface area (Å²) < 4.78 is 5.39. The Morgan fingerprint density at radius 3 is 2.56 bits per heavy atom. The summed E-state index contributed by atoms with van der Waals surface area (Å²) in [6.07, 6.45) is 2.36. The summed E-state index contributed by atoms with van der Waals surface area (Å²) in [5, 5.41) is 8.60. The van der Waals surface area contributed by atoms with Crippen LogP contribution in [-0.4, -0.2) is 17.7 Å². The van der Waals surface area contributed by atoms with E-state index in [1.807, 2.05) is 6.92 Å². The van der Waals surface area contributed by atoms with Gasteiger partial charge < -0.3 is 15.6 Å². The zero-order valence-electron chi connectivity index (χ0n) is 9.14. The van der Waals surface area contributed by atoms with Gasteiger partial charge in [0.25, 0.3) is 0 Å². The van der Waals surface area contributed by atoms with Crippen LogP contribution in [0.1, 0.15) is 18.9 Å². The molecule has 0 bridgehead atoms. The minimum atomic E-state index is -1.12. The number of hydrogen-bond acceptors (Lipinski definition) is 3. The Kier molecular flexibility index (Phi) is 4.39. The van der Waals surface area contributed by atoms with Crippen molar-refractivity contribution in [3.63, 3.8) is 0 Å². The lowest BCUT2D eigenvalue weighted by Crippen LogP contribution is -2.09. The molecule has 0 aliphatic heterocycles. The van der Waals surface area contributed by atoms with Crippen LogP contribution >= 0.6 is 0 Å². The highest BCUT2D eigenvalue weighted by atomic mass is 16.5. The van der Waals surface area contributed by atoms with Crippen molar-refractivity contribution < 1.29 is 14.6 Å². The quantitative estimate of drug-likeness (QED) is 0.744. The van der Waals surface area contributed by atoms with Crippen LogP contribution in [0.2, 0.25) is 0 Å². The number of carboxylic acids is 1. The molecule has 86 valence electrons. The third-order valence-electron chi connectivity index (χ3n) is 1.92. The van der Waals surface area contributed by atoms with Crippen molar-refractivity contribution in [1.82, 2.24) is 0 Å². The fourth-order valence-corrected chi connectivity index (χ4v) is 1.12. The Bertz CT molecular complexity index is 382. The van der Waals surface area contributed by atoms with Gasteiger partial charge in [-0.05, 0) is 30.2 Å². The van der Waals surface area contributed by atoms with Crippen LogP contribution in [-0.2, 0) is 4.79 Å². The van der Waals surface area contributed by atoms with Gasteiger partial charge in [-0.2, -0.15) is 0 Å². The molecule has 0 spiro atoms. The maximum atomic E-state index is 10.5. The van der Waals surface area contributed by atoms with E-state index < -0.39 is 5.97 Å². The predicted molar refractivity (Wildman–Crippen MR) is 62.0 cm³/mol. The third-order valence-corrected chi connectivity index (χ3v) is 1.92. The predicted octanol–water partition coefficient (Wildman–Crippen LogP) is 1.86. The van der Waals surface area contributed by atoms with Crippen molar-refractivity contribution >= 4 is 12.0 Å². The summed E-state index contributed by atoms with van der Waals surface area (Å²) in [5.41, 5.74) is 5.86. The van der Waals surface area contributed by atoms with Crippen LogP contribution < -0.4 is 10.5 Å². The first-order valence-electron chi connectivity index (χ1n) is 5.07. The van der Waals surface area contributed by atoms with Gasteiger partial charge in [-0.25, -0.2) is 4.79 Å². The van der Waals surface area contributed by atoms with Crippen molar-refractivity contribution in [2.45, 2.75) is 13.3 Å². The molecule has 0 unspecified atom stereocenters. The summed E-state index contributed by atoms with van der Waals surface area (Å²) >= 11 is 0. The lowest BCUT2D eigenvalue weighted by molar-refractivity contribution is -0.132. The first-order valence-corrected chi connectivity index (χ1v) is 5.07. The lowest BCUT2D eigenvalue weighted by Gasteiger charge is -2.04. The third kappa shape index (κ3) is 3.65. The number of hydrogen-bond donors (Lipinski definition) is 2. The van der Waals surface area contributed by atoms with E-state index in [4.69, 9.17) is 15.6 Å². The number of nitrogens with two attached hydrogens (primary N) is 1. The lowest BCUT2D eigenvalue weighted by atomic mass is 10.2. The normalized spacial score (nSPS) is 11.2. The highest BCUT2D eigenvalue weighted by molar-refractivity contribution is 5.90. The number of carboxylic acid groups (broad SMARTS) is 1. The number of aliphatic carboxylic acids is 1. The molecule has 0 aliphatic rings. The molecule has 1 aromatic rings. The van der Waals surface area contributed by atoms with Crippen molar-refractivity contribution in [2.75, 3.05) is 6.61 Å². The van der Waals surface area contributed by atoms with Gasteiger partial charge in [0.2, 0.25) is 0 Å². The average Bonchev–Trinajstić information content (AvgIpc) is 2.28. The van der Waals surface area contributed by atoms with E-state index in [1.54, 1.807) is 24.3 Å². The Morgan fingerprint density at radius 2 is 2.06 bits per heavy atom. The topological polar surface area (TPSA) is 72.5 Å². The maximum absolute atomic E-state index is 10.5. The van der Waals surface area contributed by atoms with Crippen LogP contribution in [0.25, 0.3) is 6.08 Å². The second-order valence-corrected chi connectivity index (χ2v) is 3.32. The van der Waals surface area contributed by atoms with E-state index >= 15 is 0 Å². The first kappa shape index (κ1) is 12.1. The molecule has 0 saturated heterocycles. The Morgan fingerprint density at radius 1 is 1.44 bits per heavy atom. The minimum absolute atomic E-state index is 0.178. The second kappa shape index (κ2) is 5.80. The Labute approximate surface area is 94.3 Å². The fraction of sp³-hybridized carbons (Fsp3) is 0.250. The van der Waals surface area contributed by atoms with Gasteiger partial charge in [-0.15, -0.1) is 0 Å². The largest absolute Gasteiger partial charge is 0.494 e. The molecule has 1 aromatic carbocycles. The van der Waals surface area contributed by atoms with E-state index in [2.05, 4.69) is 0 Å². The van der Waals surface area contributed by atoms with E-state index in [0.29, 0.717) is 6.61 Å². The van der Waals surface area contributed by atoms with Crippen LogP contribution in [0.3, 0.4) is 0 Å². The fourth-order valence-electron chi connectivity index (χ4n) is 1.12. The molecular weight excluding hydrogens is 206 g/mol. The van der Waals surface area contributed by atoms with E-state index in [0.717, 1.165) is 17.7 Å². The molecule has 0 fully saturated rings. The molecule has 0 radical (unpaired) electrons. The summed E-state index contributed by atoms with van der Waals surface area (Å²) in [6.45, 7) is 2.71. The molecule has 16 heavy (non-hydrogen) atoms. The van der Waals surface area contributed by atoms with E-state index in [1.165, 1.54) is 6.08 Å². The monoisotopic (exact) mass is 221 g/mol. The highest BCUT2D eigenvalue weighted by Gasteiger charge is 2.00. The second-order valence-electron chi connectivity index (χ2n) is 3.32. The molecular formula is C12H15NO3. The number of ether oxygens (including phenoxy) is 1. The summed E-state index contributed by atoms with van der Waals surface area (Å²) in [6, 6.07) is 7.11. The Hall–Kier alpha value is -1.97. The first-order chi connectivity index (χ1) is 7.63. The number of carbonyl (C=O) groups is 1. The van der Waals surface area contributed by atoms with Gasteiger partial charge in [-0.3, -0.25) is 0 Å². The van der Waals surface area contributed by atoms with E-state index in [-0.39, 0.29) is 5.70 Å². The Balaban J connectivity index is 2.71. The van der Waals surface area contributed by atoms with Crippen molar-refractivity contribution in [2.24, 2.45) is 5.73 Å². The molecule has 1 rings (SSSR count). The molecule has 4 nitrogen and oxygen atoms in total. The molecule has 0 atom stereocenters. The van der Waals surface area contributed by atoms with Crippen molar-refractivity contribution in [1.29, 1.82) is 0 Å². The van der Waals surface area contributed by atoms with Gasteiger partial charge >= 0.3 is 5.97 Å². The minimum Gasteiger partial charge on any atom is -0.494 e. The smallest absolute Gasteiger partial charge is 0.351 e. The summed E-state index contributed by atoms with van der Waals surface area (Å²) in [4.78, 5) is 10.5. The maximum Gasteiger partial charge on any atom is 0.351 e. The average molecular weight is 221 g/mol. The van der Waals surface area contributed by atoms with E-state index in [9.17, 15) is 4.79 Å². The molecule has 0 aromatic heterocycles. The molecule has 4 heteroatoms. The van der Waals surface area contributed by atoms with Gasteiger partial charge in [-0.1, -0.05) is 19.1 Å². The molecule has 0 saturated carbocycles. The van der Waals surface area contributed by atoms with Crippen molar-refractivity contribution in [3.8, 4) is 5.75 Å². The van der Waals surface area contributed by atoms with Gasteiger partial charge in [0.1, 0.15) is 11.4 Å². The molecule has 0 amide bonds. The number of benzene rings is 1. The van der Waals surface area contributed by atoms with Crippen LogP contribution in [0.15, 0.2) is 30.0 Å². The van der Waals surface area contributed by atoms with Gasteiger partial charge in [0.05, 0.1) is 6.61 Å². The highest BCUT2D eigenvalue weighted by Crippen LogP contribution is 2.13. The molecule has 0 heterocycles. The summed E-state index contributed by atoms with van der Waals surface area (Å²) in [5.74, 6) is -0.348. The van der Waals surface area contributed by atoms with Gasteiger partial charge in [0, 0.05) is 0 Å². The van der Waals surface area contributed by atoms with Crippen molar-refractivity contribution in [3.05, 3.63) is 35.5 Å². The van der Waals surface area contributed by atoms with Crippen LogP contribution in [0, 0.1) is 0 Å².